The lowest BCUT2D eigenvalue weighted by atomic mass is 9.86. The first kappa shape index (κ1) is 25.5. The van der Waals surface area contributed by atoms with Crippen molar-refractivity contribution < 1.29 is 35.9 Å². The Kier molecular flexibility index (Phi) is 7.24. The maximum absolute atomic E-state index is 14.7. The molecule has 8 heteroatoms. The van der Waals surface area contributed by atoms with Crippen molar-refractivity contribution in [3.63, 3.8) is 0 Å². The van der Waals surface area contributed by atoms with Gasteiger partial charge in [-0.25, -0.2) is 22.0 Å². The molecule has 1 aliphatic rings. The van der Waals surface area contributed by atoms with Gasteiger partial charge in [-0.2, -0.15) is 4.39 Å². The summed E-state index contributed by atoms with van der Waals surface area (Å²) in [6, 6.07) is 7.39. The Labute approximate surface area is 204 Å². The van der Waals surface area contributed by atoms with Gasteiger partial charge in [-0.3, -0.25) is 4.79 Å². The summed E-state index contributed by atoms with van der Waals surface area (Å²) in [6.45, 7) is 3.08. The zero-order chi connectivity index (χ0) is 26.1. The number of benzene rings is 3. The number of rotatable bonds is 5. The summed E-state index contributed by atoms with van der Waals surface area (Å²) in [5, 5.41) is 0. The molecular weight excluding hydrogens is 482 g/mol. The van der Waals surface area contributed by atoms with E-state index in [1.54, 1.807) is 13.0 Å². The lowest BCUT2D eigenvalue weighted by Gasteiger charge is -2.21. The molecule has 188 valence electrons. The lowest BCUT2D eigenvalue weighted by Crippen LogP contribution is -2.23. The predicted octanol–water partition coefficient (Wildman–Crippen LogP) is 7.85. The molecule has 3 aromatic carbocycles. The number of carbonyl (C=O) groups excluding carboxylic acids is 1. The average Bonchev–Trinajstić information content (AvgIpc) is 2.88. The van der Waals surface area contributed by atoms with Gasteiger partial charge in [-0.05, 0) is 61.4 Å². The first-order valence-corrected chi connectivity index (χ1v) is 11.4. The quantitative estimate of drug-likeness (QED) is 0.201. The third-order valence-corrected chi connectivity index (χ3v) is 6.46. The summed E-state index contributed by atoms with van der Waals surface area (Å²) in [7, 11) is 0. The molecule has 0 radical (unpaired) electrons. The molecule has 0 fully saturated rings. The smallest absolute Gasteiger partial charge is 0.314 e. The Bertz CT molecular complexity index is 1380. The third-order valence-electron chi connectivity index (χ3n) is 6.46. The number of carbonyl (C=O) groups is 1. The lowest BCUT2D eigenvalue weighted by molar-refractivity contribution is -0.139. The normalized spacial score (nSPS) is 15.6. The van der Waals surface area contributed by atoms with E-state index in [-0.39, 0.29) is 42.4 Å². The second kappa shape index (κ2) is 10.2. The number of ether oxygens (including phenoxy) is 1. The number of halogens is 6. The van der Waals surface area contributed by atoms with Crippen LogP contribution in [0.25, 0.3) is 16.7 Å². The SMILES string of the molecule is CCc1ccc(-c2ccc(OC(=O)C3CC=C(c4ccc(C)c(F)c4F)CC3)c(F)c2F)c(F)c1F. The van der Waals surface area contributed by atoms with Crippen LogP contribution in [0.2, 0.25) is 0 Å². The van der Waals surface area contributed by atoms with Gasteiger partial charge in [0.05, 0.1) is 5.92 Å². The number of hydrogen-bond donors (Lipinski definition) is 0. The Balaban J connectivity index is 1.51. The summed E-state index contributed by atoms with van der Waals surface area (Å²) >= 11 is 0. The van der Waals surface area contributed by atoms with Gasteiger partial charge in [0, 0.05) is 16.7 Å². The minimum atomic E-state index is -1.51. The van der Waals surface area contributed by atoms with Crippen LogP contribution in [0.5, 0.6) is 5.75 Å². The van der Waals surface area contributed by atoms with E-state index in [0.29, 0.717) is 5.57 Å². The van der Waals surface area contributed by atoms with Gasteiger partial charge in [0.25, 0.3) is 0 Å². The maximum Gasteiger partial charge on any atom is 0.314 e. The second-order valence-electron chi connectivity index (χ2n) is 8.67. The van der Waals surface area contributed by atoms with Crippen LogP contribution in [-0.4, -0.2) is 5.97 Å². The number of allylic oxidation sites excluding steroid dienone is 2. The molecule has 36 heavy (non-hydrogen) atoms. The summed E-state index contributed by atoms with van der Waals surface area (Å²) < 4.78 is 91.2. The zero-order valence-electron chi connectivity index (χ0n) is 19.5. The van der Waals surface area contributed by atoms with Crippen LogP contribution in [0.1, 0.15) is 42.9 Å². The molecule has 1 aliphatic carbocycles. The van der Waals surface area contributed by atoms with Crippen molar-refractivity contribution in [2.24, 2.45) is 5.92 Å². The molecule has 0 aliphatic heterocycles. The summed E-state index contributed by atoms with van der Waals surface area (Å²) in [4.78, 5) is 12.6. The molecule has 0 saturated heterocycles. The van der Waals surface area contributed by atoms with Crippen LogP contribution in [0.15, 0.2) is 42.5 Å². The van der Waals surface area contributed by atoms with Crippen molar-refractivity contribution in [2.75, 3.05) is 0 Å². The Morgan fingerprint density at radius 2 is 1.42 bits per heavy atom. The van der Waals surface area contributed by atoms with E-state index in [4.69, 9.17) is 4.74 Å². The van der Waals surface area contributed by atoms with Crippen LogP contribution in [0.4, 0.5) is 26.3 Å². The van der Waals surface area contributed by atoms with Crippen molar-refractivity contribution in [2.45, 2.75) is 39.5 Å². The summed E-state index contributed by atoms with van der Waals surface area (Å²) in [5.74, 6) is -9.53. The van der Waals surface area contributed by atoms with Gasteiger partial charge in [0.2, 0.25) is 5.82 Å². The van der Waals surface area contributed by atoms with Gasteiger partial charge in [0.15, 0.2) is 34.8 Å². The fraction of sp³-hybridized carbons (Fsp3) is 0.250. The molecule has 0 N–H and O–H groups in total. The molecule has 0 spiro atoms. The van der Waals surface area contributed by atoms with Gasteiger partial charge < -0.3 is 4.74 Å². The van der Waals surface area contributed by atoms with Gasteiger partial charge in [0.1, 0.15) is 0 Å². The first-order valence-electron chi connectivity index (χ1n) is 11.4. The van der Waals surface area contributed by atoms with Gasteiger partial charge in [-0.15, -0.1) is 0 Å². The number of esters is 1. The Morgan fingerprint density at radius 1 is 0.806 bits per heavy atom. The molecule has 2 nitrogen and oxygen atoms in total. The predicted molar refractivity (Wildman–Crippen MR) is 123 cm³/mol. The van der Waals surface area contributed by atoms with E-state index < -0.39 is 63.7 Å². The summed E-state index contributed by atoms with van der Waals surface area (Å²) in [5.41, 5.74) is -0.0276. The van der Waals surface area contributed by atoms with E-state index in [0.717, 1.165) is 18.2 Å². The van der Waals surface area contributed by atoms with Crippen molar-refractivity contribution in [3.05, 3.63) is 94.1 Å². The van der Waals surface area contributed by atoms with E-state index in [2.05, 4.69) is 0 Å². The highest BCUT2D eigenvalue weighted by Gasteiger charge is 2.28. The fourth-order valence-corrected chi connectivity index (χ4v) is 4.27. The molecule has 1 atom stereocenters. The molecule has 3 aromatic rings. The zero-order valence-corrected chi connectivity index (χ0v) is 19.5. The van der Waals surface area contributed by atoms with E-state index in [1.807, 2.05) is 0 Å². The Hall–Kier alpha value is -3.55. The monoisotopic (exact) mass is 504 g/mol. The van der Waals surface area contributed by atoms with Gasteiger partial charge >= 0.3 is 5.97 Å². The van der Waals surface area contributed by atoms with Crippen LogP contribution in [0, 0.1) is 47.7 Å². The molecule has 0 aromatic heterocycles. The van der Waals surface area contributed by atoms with Gasteiger partial charge in [-0.1, -0.05) is 37.3 Å². The second-order valence-corrected chi connectivity index (χ2v) is 8.67. The largest absolute Gasteiger partial charge is 0.423 e. The fourth-order valence-electron chi connectivity index (χ4n) is 4.27. The van der Waals surface area contributed by atoms with Crippen LogP contribution in [0.3, 0.4) is 0 Å². The summed E-state index contributed by atoms with van der Waals surface area (Å²) in [6.07, 6.45) is 2.45. The van der Waals surface area contributed by atoms with Crippen LogP contribution < -0.4 is 4.74 Å². The highest BCUT2D eigenvalue weighted by Crippen LogP contribution is 2.36. The number of aryl methyl sites for hydroxylation is 2. The minimum Gasteiger partial charge on any atom is -0.423 e. The first-order chi connectivity index (χ1) is 17.1. The molecule has 0 bridgehead atoms. The van der Waals surface area contributed by atoms with E-state index in [9.17, 15) is 31.1 Å². The molecule has 1 unspecified atom stereocenters. The Morgan fingerprint density at radius 3 is 2.06 bits per heavy atom. The van der Waals surface area contributed by atoms with E-state index in [1.165, 1.54) is 25.1 Å². The van der Waals surface area contributed by atoms with E-state index >= 15 is 0 Å². The van der Waals surface area contributed by atoms with Crippen LogP contribution in [-0.2, 0) is 11.2 Å². The highest BCUT2D eigenvalue weighted by molar-refractivity contribution is 5.78. The van der Waals surface area contributed by atoms with Crippen LogP contribution >= 0.6 is 0 Å². The maximum atomic E-state index is 14.7. The molecular formula is C28H22F6O2. The van der Waals surface area contributed by atoms with Crippen molar-refractivity contribution in [1.29, 1.82) is 0 Å². The topological polar surface area (TPSA) is 26.3 Å². The molecule has 0 amide bonds. The third kappa shape index (κ3) is 4.64. The van der Waals surface area contributed by atoms with Crippen molar-refractivity contribution in [3.8, 4) is 16.9 Å². The van der Waals surface area contributed by atoms with Crippen molar-refractivity contribution >= 4 is 11.5 Å². The molecule has 4 rings (SSSR count). The highest BCUT2D eigenvalue weighted by atomic mass is 19.2. The molecule has 0 heterocycles. The molecule has 0 saturated carbocycles. The minimum absolute atomic E-state index is 0.0996. The standard InChI is InChI=1S/C28H22F6O2/c1-3-15-9-11-19(25(32)23(15)30)20-12-13-21(27(34)26(20)33)36-28(35)17-7-5-16(6-8-17)18-10-4-14(2)22(29)24(18)31/h4-5,9-13,17H,3,6-8H2,1-2H3. The number of hydrogen-bond acceptors (Lipinski definition) is 2. The van der Waals surface area contributed by atoms with Crippen molar-refractivity contribution in [1.82, 2.24) is 0 Å². The average molecular weight is 504 g/mol.